The number of nitroso groups, excluding NO2 is 1. The molecular weight excluding hydrogens is 210 g/mol. The fraction of sp³-hybridized carbons (Fsp3) is 0.364. The van der Waals surface area contributed by atoms with Gasteiger partial charge < -0.3 is 9.84 Å². The molecule has 0 bridgehead atoms. The first-order valence-corrected chi connectivity index (χ1v) is 4.86. The van der Waals surface area contributed by atoms with E-state index in [1.54, 1.807) is 6.07 Å². The smallest absolute Gasteiger partial charge is 0.316 e. The number of benzene rings is 1. The summed E-state index contributed by atoms with van der Waals surface area (Å²) in [7, 11) is 0. The van der Waals surface area contributed by atoms with Gasteiger partial charge in [0.1, 0.15) is 5.75 Å². The minimum atomic E-state index is -0.871. The van der Waals surface area contributed by atoms with Crippen LogP contribution in [0, 0.1) is 4.91 Å². The Balaban J connectivity index is 3.10. The summed E-state index contributed by atoms with van der Waals surface area (Å²) in [4.78, 5) is 21.2. The second kappa shape index (κ2) is 5.37. The molecule has 0 atom stereocenters. The lowest BCUT2D eigenvalue weighted by molar-refractivity contribution is 0.1000. The Morgan fingerprint density at radius 3 is 2.62 bits per heavy atom. The van der Waals surface area contributed by atoms with Crippen molar-refractivity contribution >= 4 is 5.91 Å². The van der Waals surface area contributed by atoms with Gasteiger partial charge in [-0.25, -0.2) is 0 Å². The van der Waals surface area contributed by atoms with Gasteiger partial charge in [-0.15, -0.1) is 4.91 Å². The molecule has 0 aliphatic rings. The van der Waals surface area contributed by atoms with Crippen molar-refractivity contribution in [3.8, 4) is 5.75 Å². The number of carbonyl (C=O) groups is 1. The quantitative estimate of drug-likeness (QED) is 0.790. The lowest BCUT2D eigenvalue weighted by Crippen LogP contribution is -2.07. The molecule has 0 aliphatic carbocycles. The van der Waals surface area contributed by atoms with Gasteiger partial charge in [0.2, 0.25) is 0 Å². The van der Waals surface area contributed by atoms with Gasteiger partial charge in [0.05, 0.1) is 12.7 Å². The van der Waals surface area contributed by atoms with Crippen molar-refractivity contribution < 1.29 is 14.6 Å². The zero-order valence-electron chi connectivity index (χ0n) is 9.14. The van der Waals surface area contributed by atoms with E-state index in [9.17, 15) is 9.70 Å². The molecule has 0 saturated heterocycles. The molecule has 0 aromatic heterocycles. The second-order valence-electron chi connectivity index (χ2n) is 3.59. The fourth-order valence-electron chi connectivity index (χ4n) is 1.27. The van der Waals surface area contributed by atoms with Gasteiger partial charge in [0, 0.05) is 10.7 Å². The molecule has 0 spiro atoms. The fourth-order valence-corrected chi connectivity index (χ4v) is 1.27. The van der Waals surface area contributed by atoms with Crippen LogP contribution in [-0.4, -0.2) is 17.1 Å². The van der Waals surface area contributed by atoms with Crippen molar-refractivity contribution in [1.82, 2.24) is 0 Å². The summed E-state index contributed by atoms with van der Waals surface area (Å²) in [5, 5.41) is 11.3. The predicted octanol–water partition coefficient (Wildman–Crippen LogP) is 1.87. The summed E-state index contributed by atoms with van der Waals surface area (Å²) in [5.41, 5.74) is 0.627. The molecule has 86 valence electrons. The molecule has 5 nitrogen and oxygen atoms in total. The third kappa shape index (κ3) is 3.13. The summed E-state index contributed by atoms with van der Waals surface area (Å²) in [5.74, 6) is -0.433. The van der Waals surface area contributed by atoms with E-state index in [4.69, 9.17) is 9.84 Å². The Hall–Kier alpha value is -1.75. The highest BCUT2D eigenvalue weighted by atomic mass is 16.5. The van der Waals surface area contributed by atoms with Gasteiger partial charge in [-0.1, -0.05) is 0 Å². The van der Waals surface area contributed by atoms with Crippen molar-refractivity contribution in [2.24, 2.45) is 5.18 Å². The number of carbonyl (C=O) groups excluding carboxylic acids is 1. The molecule has 1 aromatic carbocycles. The summed E-state index contributed by atoms with van der Waals surface area (Å²) in [6.45, 7) is 3.45. The monoisotopic (exact) mass is 223 g/mol. The molecule has 0 radical (unpaired) electrons. The van der Waals surface area contributed by atoms with E-state index in [0.717, 1.165) is 0 Å². The maximum atomic E-state index is 11.1. The summed E-state index contributed by atoms with van der Waals surface area (Å²) in [6.07, 6.45) is -0.0546. The van der Waals surface area contributed by atoms with Gasteiger partial charge >= 0.3 is 5.91 Å². The normalized spacial score (nSPS) is 10.2. The number of ether oxygens (including phenoxy) is 1. The van der Waals surface area contributed by atoms with E-state index >= 15 is 0 Å². The van der Waals surface area contributed by atoms with E-state index in [2.05, 4.69) is 5.18 Å². The van der Waals surface area contributed by atoms with Crippen molar-refractivity contribution in [2.45, 2.75) is 26.6 Å². The number of aliphatic hydroxyl groups excluding tert-OH is 1. The van der Waals surface area contributed by atoms with Crippen LogP contribution in [0.1, 0.15) is 29.8 Å². The van der Waals surface area contributed by atoms with Gasteiger partial charge in [0.15, 0.2) is 0 Å². The molecule has 5 heteroatoms. The molecular formula is C11H13NO4. The van der Waals surface area contributed by atoms with E-state index in [-0.39, 0.29) is 18.3 Å². The SMILES string of the molecule is CC(C)Oc1cc(CO)cc(C(=O)N=O)c1. The second-order valence-corrected chi connectivity index (χ2v) is 3.59. The molecule has 1 N–H and O–H groups in total. The summed E-state index contributed by atoms with van der Waals surface area (Å²) >= 11 is 0. The molecule has 1 rings (SSSR count). The van der Waals surface area contributed by atoms with Gasteiger partial charge in [-0.3, -0.25) is 4.79 Å². The van der Waals surface area contributed by atoms with Crippen LogP contribution in [0.15, 0.2) is 23.4 Å². The average Bonchev–Trinajstić information content (AvgIpc) is 2.26. The van der Waals surface area contributed by atoms with Crippen LogP contribution in [0.4, 0.5) is 0 Å². The number of amides is 1. The van der Waals surface area contributed by atoms with Crippen LogP contribution in [0.2, 0.25) is 0 Å². The number of aliphatic hydroxyl groups is 1. The Bertz CT molecular complexity index is 401. The molecule has 0 fully saturated rings. The zero-order chi connectivity index (χ0) is 12.1. The van der Waals surface area contributed by atoms with E-state index in [1.807, 2.05) is 13.8 Å². The van der Waals surface area contributed by atoms with Crippen LogP contribution in [0.5, 0.6) is 5.75 Å². The largest absolute Gasteiger partial charge is 0.491 e. The van der Waals surface area contributed by atoms with Crippen molar-refractivity contribution in [3.05, 3.63) is 34.2 Å². The van der Waals surface area contributed by atoms with Gasteiger partial charge in [-0.05, 0) is 37.6 Å². The number of hydrogen-bond acceptors (Lipinski definition) is 4. The molecule has 0 saturated carbocycles. The van der Waals surface area contributed by atoms with Crippen molar-refractivity contribution in [1.29, 1.82) is 0 Å². The third-order valence-corrected chi connectivity index (χ3v) is 1.85. The number of hydrogen-bond donors (Lipinski definition) is 1. The zero-order valence-corrected chi connectivity index (χ0v) is 9.14. The van der Waals surface area contributed by atoms with Gasteiger partial charge in [-0.2, -0.15) is 0 Å². The van der Waals surface area contributed by atoms with Crippen LogP contribution >= 0.6 is 0 Å². The minimum absolute atomic E-state index is 0.0546. The van der Waals surface area contributed by atoms with Crippen LogP contribution in [0.3, 0.4) is 0 Å². The first-order valence-electron chi connectivity index (χ1n) is 4.86. The lowest BCUT2D eigenvalue weighted by atomic mass is 10.1. The molecule has 0 heterocycles. The Labute approximate surface area is 93.0 Å². The van der Waals surface area contributed by atoms with E-state index in [0.29, 0.717) is 11.3 Å². The Morgan fingerprint density at radius 1 is 1.44 bits per heavy atom. The van der Waals surface area contributed by atoms with E-state index in [1.165, 1.54) is 12.1 Å². The van der Waals surface area contributed by atoms with Crippen molar-refractivity contribution in [2.75, 3.05) is 0 Å². The summed E-state index contributed by atoms with van der Waals surface area (Å²) in [6, 6.07) is 4.46. The predicted molar refractivity (Wildman–Crippen MR) is 58.3 cm³/mol. The summed E-state index contributed by atoms with van der Waals surface area (Å²) < 4.78 is 5.38. The lowest BCUT2D eigenvalue weighted by Gasteiger charge is -2.11. The molecule has 1 aromatic rings. The molecule has 0 unspecified atom stereocenters. The standard InChI is InChI=1S/C11H13NO4/c1-7(2)16-10-4-8(6-13)3-9(5-10)11(14)12-15/h3-5,7,13H,6H2,1-2H3. The van der Waals surface area contributed by atoms with Crippen molar-refractivity contribution in [3.63, 3.8) is 0 Å². The number of rotatable bonds is 4. The first-order chi connectivity index (χ1) is 7.56. The van der Waals surface area contributed by atoms with Crippen LogP contribution in [-0.2, 0) is 6.61 Å². The molecule has 0 aliphatic heterocycles. The van der Waals surface area contributed by atoms with Gasteiger partial charge in [0.25, 0.3) is 0 Å². The highest BCUT2D eigenvalue weighted by Crippen LogP contribution is 2.19. The molecule has 16 heavy (non-hydrogen) atoms. The first kappa shape index (κ1) is 12.3. The Morgan fingerprint density at radius 2 is 2.12 bits per heavy atom. The van der Waals surface area contributed by atoms with Crippen LogP contribution < -0.4 is 4.74 Å². The maximum absolute atomic E-state index is 11.1. The molecule has 1 amide bonds. The van der Waals surface area contributed by atoms with E-state index < -0.39 is 5.91 Å². The highest BCUT2D eigenvalue weighted by molar-refractivity contribution is 5.95. The number of nitrogens with zero attached hydrogens (tertiary/aromatic N) is 1. The minimum Gasteiger partial charge on any atom is -0.491 e. The third-order valence-electron chi connectivity index (χ3n) is 1.85. The van der Waals surface area contributed by atoms with Crippen LogP contribution in [0.25, 0.3) is 0 Å². The Kier molecular flexibility index (Phi) is 4.13. The average molecular weight is 223 g/mol. The maximum Gasteiger partial charge on any atom is 0.316 e. The topological polar surface area (TPSA) is 76.0 Å². The highest BCUT2D eigenvalue weighted by Gasteiger charge is 2.10.